The molecule has 1 aromatic carbocycles. The van der Waals surface area contributed by atoms with Gasteiger partial charge in [-0.2, -0.15) is 0 Å². The van der Waals surface area contributed by atoms with Crippen molar-refractivity contribution in [3.05, 3.63) is 52.0 Å². The van der Waals surface area contributed by atoms with Crippen LogP contribution in [-0.4, -0.2) is 17.6 Å². The molecule has 0 aliphatic carbocycles. The number of hydrogen-bond donors (Lipinski definition) is 1. The maximum atomic E-state index is 4.27. The third-order valence-electron chi connectivity index (χ3n) is 3.07. The molecule has 0 radical (unpaired) electrons. The predicted octanol–water partition coefficient (Wildman–Crippen LogP) is 3.21. The molecule has 0 amide bonds. The Morgan fingerprint density at radius 3 is 2.72 bits per heavy atom. The summed E-state index contributed by atoms with van der Waals surface area (Å²) in [5.41, 5.74) is 4.50. The lowest BCUT2D eigenvalue weighted by atomic mass is 10.1. The highest BCUT2D eigenvalue weighted by Gasteiger charge is 2.04. The molecule has 1 aromatic heterocycles. The minimum Gasteiger partial charge on any atom is -0.314 e. The maximum absolute atomic E-state index is 4.27. The topological polar surface area (TPSA) is 24.9 Å². The Bertz CT molecular complexity index is 464. The van der Waals surface area contributed by atoms with E-state index >= 15 is 0 Å². The van der Waals surface area contributed by atoms with Gasteiger partial charge in [0.15, 0.2) is 0 Å². The number of nitrogens with zero attached hydrogens (tertiary/aromatic N) is 1. The molecule has 0 fully saturated rings. The zero-order valence-corrected chi connectivity index (χ0v) is 11.8. The minimum absolute atomic E-state index is 0.514. The lowest BCUT2D eigenvalue weighted by Crippen LogP contribution is -2.29. The van der Waals surface area contributed by atoms with Gasteiger partial charge in [-0.15, -0.1) is 11.3 Å². The fourth-order valence-electron chi connectivity index (χ4n) is 2.04. The van der Waals surface area contributed by atoms with Crippen LogP contribution in [0.15, 0.2) is 35.8 Å². The number of aromatic nitrogens is 1. The molecule has 18 heavy (non-hydrogen) atoms. The number of nitrogens with one attached hydrogen (secondary N) is 1. The molecular weight excluding hydrogens is 240 g/mol. The fraction of sp³-hybridized carbons (Fsp3) is 0.400. The first-order valence-corrected chi connectivity index (χ1v) is 7.30. The molecule has 0 bridgehead atoms. The number of rotatable bonds is 6. The second-order valence-corrected chi connectivity index (χ2v) is 5.60. The Morgan fingerprint density at radius 1 is 1.28 bits per heavy atom. The molecule has 1 atom stereocenters. The summed E-state index contributed by atoms with van der Waals surface area (Å²) in [5.74, 6) is 0. The van der Waals surface area contributed by atoms with Gasteiger partial charge in [0, 0.05) is 17.5 Å². The van der Waals surface area contributed by atoms with E-state index in [9.17, 15) is 0 Å². The van der Waals surface area contributed by atoms with Gasteiger partial charge in [-0.05, 0) is 32.3 Å². The molecule has 0 saturated heterocycles. The Labute approximate surface area is 113 Å². The third-order valence-corrected chi connectivity index (χ3v) is 4.07. The van der Waals surface area contributed by atoms with Crippen LogP contribution in [0, 0.1) is 6.92 Å². The van der Waals surface area contributed by atoms with E-state index in [0.717, 1.165) is 19.4 Å². The van der Waals surface area contributed by atoms with Crippen LogP contribution in [0.1, 0.15) is 23.1 Å². The van der Waals surface area contributed by atoms with Gasteiger partial charge in [-0.3, -0.25) is 0 Å². The summed E-state index contributed by atoms with van der Waals surface area (Å²) in [6.45, 7) is 5.35. The van der Waals surface area contributed by atoms with Crippen LogP contribution in [0.3, 0.4) is 0 Å². The van der Waals surface area contributed by atoms with Crippen LogP contribution < -0.4 is 5.32 Å². The van der Waals surface area contributed by atoms with Crippen LogP contribution in [0.4, 0.5) is 0 Å². The predicted molar refractivity (Wildman–Crippen MR) is 78.2 cm³/mol. The minimum atomic E-state index is 0.514. The molecule has 0 aliphatic rings. The number of aryl methyl sites for hydroxylation is 1. The number of hydrogen-bond acceptors (Lipinski definition) is 3. The average molecular weight is 260 g/mol. The van der Waals surface area contributed by atoms with Crippen LogP contribution in [0.5, 0.6) is 0 Å². The van der Waals surface area contributed by atoms with E-state index in [-0.39, 0.29) is 0 Å². The quantitative estimate of drug-likeness (QED) is 0.862. The summed E-state index contributed by atoms with van der Waals surface area (Å²) in [6.07, 6.45) is 2.16. The highest BCUT2D eigenvalue weighted by Crippen LogP contribution is 2.12. The Balaban J connectivity index is 1.72. The highest BCUT2D eigenvalue weighted by atomic mass is 32.1. The zero-order valence-electron chi connectivity index (χ0n) is 11.0. The standard InChI is InChI=1S/C15H20N2S/c1-12(10-14-6-4-3-5-7-14)16-9-8-15-13(2)17-11-18-15/h3-7,11-12,16H,8-10H2,1-2H3. The molecule has 96 valence electrons. The summed E-state index contributed by atoms with van der Waals surface area (Å²) in [4.78, 5) is 5.67. The van der Waals surface area contributed by atoms with E-state index in [1.165, 1.54) is 16.1 Å². The first kappa shape index (κ1) is 13.2. The molecule has 0 aliphatic heterocycles. The second-order valence-electron chi connectivity index (χ2n) is 4.66. The second kappa shape index (κ2) is 6.66. The van der Waals surface area contributed by atoms with Crippen molar-refractivity contribution in [3.63, 3.8) is 0 Å². The van der Waals surface area contributed by atoms with E-state index in [1.54, 1.807) is 11.3 Å². The largest absolute Gasteiger partial charge is 0.314 e. The highest BCUT2D eigenvalue weighted by molar-refractivity contribution is 7.09. The summed E-state index contributed by atoms with van der Waals surface area (Å²) >= 11 is 1.75. The SMILES string of the molecule is Cc1ncsc1CCNC(C)Cc1ccccc1. The fourth-order valence-corrected chi connectivity index (χ4v) is 2.82. The molecular formula is C15H20N2S. The van der Waals surface area contributed by atoms with Crippen molar-refractivity contribution >= 4 is 11.3 Å². The number of thiazole rings is 1. The van der Waals surface area contributed by atoms with E-state index < -0.39 is 0 Å². The molecule has 0 spiro atoms. The van der Waals surface area contributed by atoms with Gasteiger partial charge in [0.1, 0.15) is 0 Å². The van der Waals surface area contributed by atoms with Gasteiger partial charge in [0.25, 0.3) is 0 Å². The summed E-state index contributed by atoms with van der Waals surface area (Å²) in [5, 5.41) is 3.58. The lowest BCUT2D eigenvalue weighted by Gasteiger charge is -2.13. The van der Waals surface area contributed by atoms with Gasteiger partial charge >= 0.3 is 0 Å². The van der Waals surface area contributed by atoms with Crippen LogP contribution in [0.25, 0.3) is 0 Å². The first-order valence-electron chi connectivity index (χ1n) is 6.42. The Morgan fingerprint density at radius 2 is 2.06 bits per heavy atom. The molecule has 1 unspecified atom stereocenters. The smallest absolute Gasteiger partial charge is 0.0797 e. The van der Waals surface area contributed by atoms with Crippen LogP contribution in [-0.2, 0) is 12.8 Å². The van der Waals surface area contributed by atoms with Crippen molar-refractivity contribution in [2.45, 2.75) is 32.7 Å². The molecule has 1 N–H and O–H groups in total. The normalized spacial score (nSPS) is 12.6. The van der Waals surface area contributed by atoms with E-state index in [1.807, 2.05) is 5.51 Å². The number of benzene rings is 1. The van der Waals surface area contributed by atoms with Gasteiger partial charge in [-0.25, -0.2) is 4.98 Å². The molecule has 3 heteroatoms. The molecule has 2 aromatic rings. The van der Waals surface area contributed by atoms with Gasteiger partial charge in [-0.1, -0.05) is 30.3 Å². The van der Waals surface area contributed by atoms with E-state index in [2.05, 4.69) is 54.5 Å². The van der Waals surface area contributed by atoms with Crippen molar-refractivity contribution < 1.29 is 0 Å². The van der Waals surface area contributed by atoms with Gasteiger partial charge in [0.05, 0.1) is 11.2 Å². The first-order chi connectivity index (χ1) is 8.75. The van der Waals surface area contributed by atoms with Crippen LogP contribution >= 0.6 is 11.3 Å². The van der Waals surface area contributed by atoms with E-state index in [0.29, 0.717) is 6.04 Å². The lowest BCUT2D eigenvalue weighted by molar-refractivity contribution is 0.549. The maximum Gasteiger partial charge on any atom is 0.0797 e. The summed E-state index contributed by atoms with van der Waals surface area (Å²) < 4.78 is 0. The molecule has 2 rings (SSSR count). The van der Waals surface area contributed by atoms with Crippen molar-refractivity contribution in [1.82, 2.24) is 10.3 Å². The van der Waals surface area contributed by atoms with Gasteiger partial charge < -0.3 is 5.32 Å². The zero-order chi connectivity index (χ0) is 12.8. The van der Waals surface area contributed by atoms with Crippen molar-refractivity contribution in [2.24, 2.45) is 0 Å². The summed E-state index contributed by atoms with van der Waals surface area (Å²) in [6, 6.07) is 11.2. The summed E-state index contributed by atoms with van der Waals surface area (Å²) in [7, 11) is 0. The van der Waals surface area contributed by atoms with Gasteiger partial charge in [0.2, 0.25) is 0 Å². The molecule has 1 heterocycles. The van der Waals surface area contributed by atoms with Crippen molar-refractivity contribution in [3.8, 4) is 0 Å². The Kier molecular flexibility index (Phi) is 4.90. The van der Waals surface area contributed by atoms with Crippen molar-refractivity contribution in [2.75, 3.05) is 6.54 Å². The third kappa shape index (κ3) is 3.93. The van der Waals surface area contributed by atoms with Crippen molar-refractivity contribution in [1.29, 1.82) is 0 Å². The Hall–Kier alpha value is -1.19. The van der Waals surface area contributed by atoms with E-state index in [4.69, 9.17) is 0 Å². The molecule has 0 saturated carbocycles. The monoisotopic (exact) mass is 260 g/mol. The van der Waals surface area contributed by atoms with Crippen LogP contribution in [0.2, 0.25) is 0 Å². The average Bonchev–Trinajstić information content (AvgIpc) is 2.76. The molecule has 2 nitrogen and oxygen atoms in total.